The summed E-state index contributed by atoms with van der Waals surface area (Å²) in [5.74, 6) is -2.24. The summed E-state index contributed by atoms with van der Waals surface area (Å²) in [6.45, 7) is 1.45. The number of nitrogens with zero attached hydrogens (tertiary/aromatic N) is 3. The number of carbonyl (C=O) groups excluding carboxylic acids is 4. The van der Waals surface area contributed by atoms with E-state index in [1.165, 1.54) is 0 Å². The smallest absolute Gasteiger partial charge is 0.334 e. The molecule has 0 aromatic heterocycles. The third kappa shape index (κ3) is 3.68. The van der Waals surface area contributed by atoms with Gasteiger partial charge in [0.05, 0.1) is 6.07 Å². The summed E-state index contributed by atoms with van der Waals surface area (Å²) in [6.07, 6.45) is 7.37. The SMILES string of the molecule is C[C@H]1CCCC[C@H]1N1C(=O)C(=O)N(CC(=O)NC2(C#N)CCCCC2)C1=O. The Morgan fingerprint density at radius 3 is 2.41 bits per heavy atom. The molecule has 3 aliphatic rings. The summed E-state index contributed by atoms with van der Waals surface area (Å²) in [4.78, 5) is 51.6. The highest BCUT2D eigenvalue weighted by Crippen LogP contribution is 2.31. The van der Waals surface area contributed by atoms with E-state index in [0.717, 1.165) is 43.4 Å². The highest BCUT2D eigenvalue weighted by atomic mass is 16.2. The fourth-order valence-corrected chi connectivity index (χ4v) is 4.50. The molecule has 0 aromatic rings. The molecular weight excluding hydrogens is 348 g/mol. The molecule has 2 saturated carbocycles. The number of urea groups is 1. The Kier molecular flexibility index (Phi) is 5.49. The molecule has 0 aromatic carbocycles. The fraction of sp³-hybridized carbons (Fsp3) is 0.737. The van der Waals surface area contributed by atoms with E-state index in [4.69, 9.17) is 0 Å². The molecule has 2 atom stereocenters. The van der Waals surface area contributed by atoms with Crippen LogP contribution in [-0.2, 0) is 14.4 Å². The number of carbonyl (C=O) groups is 4. The molecule has 2 aliphatic carbocycles. The maximum atomic E-state index is 12.7. The van der Waals surface area contributed by atoms with Crippen molar-refractivity contribution in [2.24, 2.45) is 5.92 Å². The van der Waals surface area contributed by atoms with Gasteiger partial charge in [0.2, 0.25) is 5.91 Å². The molecule has 0 unspecified atom stereocenters. The highest BCUT2D eigenvalue weighted by Gasteiger charge is 2.50. The summed E-state index contributed by atoms with van der Waals surface area (Å²) < 4.78 is 0. The van der Waals surface area contributed by atoms with Gasteiger partial charge in [0, 0.05) is 6.04 Å². The number of nitrogens with one attached hydrogen (secondary N) is 1. The first kappa shape index (κ1) is 19.3. The summed E-state index contributed by atoms with van der Waals surface area (Å²) in [5, 5.41) is 12.2. The van der Waals surface area contributed by atoms with E-state index >= 15 is 0 Å². The Balaban J connectivity index is 1.68. The molecule has 1 N–H and O–H groups in total. The number of imide groups is 2. The molecule has 3 rings (SSSR count). The van der Waals surface area contributed by atoms with Crippen LogP contribution in [0.15, 0.2) is 0 Å². The first-order valence-corrected chi connectivity index (χ1v) is 9.80. The molecule has 0 spiro atoms. The number of amides is 5. The van der Waals surface area contributed by atoms with Gasteiger partial charge in [0.15, 0.2) is 0 Å². The molecule has 0 bridgehead atoms. The topological polar surface area (TPSA) is 111 Å². The monoisotopic (exact) mass is 374 g/mol. The minimum absolute atomic E-state index is 0.136. The zero-order valence-electron chi connectivity index (χ0n) is 15.7. The molecule has 8 nitrogen and oxygen atoms in total. The van der Waals surface area contributed by atoms with Crippen LogP contribution in [0.4, 0.5) is 4.79 Å². The van der Waals surface area contributed by atoms with Gasteiger partial charge in [0.1, 0.15) is 12.1 Å². The van der Waals surface area contributed by atoms with Crippen molar-refractivity contribution in [1.82, 2.24) is 15.1 Å². The largest absolute Gasteiger partial charge is 0.336 e. The summed E-state index contributed by atoms with van der Waals surface area (Å²) >= 11 is 0. The van der Waals surface area contributed by atoms with Crippen molar-refractivity contribution in [3.8, 4) is 6.07 Å². The maximum absolute atomic E-state index is 12.7. The van der Waals surface area contributed by atoms with Gasteiger partial charge < -0.3 is 5.32 Å². The minimum Gasteiger partial charge on any atom is -0.336 e. The Morgan fingerprint density at radius 2 is 1.78 bits per heavy atom. The third-order valence-corrected chi connectivity index (χ3v) is 6.08. The molecule has 1 saturated heterocycles. The van der Waals surface area contributed by atoms with Crippen molar-refractivity contribution in [3.05, 3.63) is 0 Å². The quantitative estimate of drug-likeness (QED) is 0.595. The normalized spacial score (nSPS) is 28.2. The lowest BCUT2D eigenvalue weighted by Crippen LogP contribution is -2.52. The van der Waals surface area contributed by atoms with E-state index < -0.39 is 35.8 Å². The zero-order chi connectivity index (χ0) is 19.6. The second-order valence-corrected chi connectivity index (χ2v) is 7.98. The molecular formula is C19H26N4O4. The van der Waals surface area contributed by atoms with Crippen molar-refractivity contribution >= 4 is 23.8 Å². The first-order chi connectivity index (χ1) is 12.9. The van der Waals surface area contributed by atoms with Gasteiger partial charge in [0.25, 0.3) is 0 Å². The van der Waals surface area contributed by atoms with Gasteiger partial charge in [-0.05, 0) is 31.6 Å². The van der Waals surface area contributed by atoms with Crippen molar-refractivity contribution in [2.75, 3.05) is 6.54 Å². The van der Waals surface area contributed by atoms with E-state index in [9.17, 15) is 24.4 Å². The average Bonchev–Trinajstić information content (AvgIpc) is 2.86. The molecule has 0 radical (unpaired) electrons. The standard InChI is InChI=1S/C19H26N4O4/c1-13-7-3-4-8-14(13)23-17(26)16(25)22(18(23)27)11-15(24)21-19(12-20)9-5-2-6-10-19/h13-14H,2-11H2,1H3,(H,21,24)/t13-,14+/m0/s1. The fourth-order valence-electron chi connectivity index (χ4n) is 4.50. The molecule has 1 aliphatic heterocycles. The lowest BCUT2D eigenvalue weighted by molar-refractivity contribution is -0.145. The van der Waals surface area contributed by atoms with Crippen LogP contribution < -0.4 is 5.32 Å². The van der Waals surface area contributed by atoms with Crippen molar-refractivity contribution in [3.63, 3.8) is 0 Å². The van der Waals surface area contributed by atoms with Crippen LogP contribution >= 0.6 is 0 Å². The second kappa shape index (κ2) is 7.67. The highest BCUT2D eigenvalue weighted by molar-refractivity contribution is 6.45. The lowest BCUT2D eigenvalue weighted by Gasteiger charge is -2.34. The molecule has 5 amide bonds. The molecule has 3 fully saturated rings. The predicted molar refractivity (Wildman–Crippen MR) is 94.9 cm³/mol. The molecule has 146 valence electrons. The van der Waals surface area contributed by atoms with Gasteiger partial charge in [-0.1, -0.05) is 39.0 Å². The lowest BCUT2D eigenvalue weighted by atomic mass is 9.83. The minimum atomic E-state index is -0.956. The van der Waals surface area contributed by atoms with E-state index in [1.807, 2.05) is 6.92 Å². The number of nitriles is 1. The predicted octanol–water partition coefficient (Wildman–Crippen LogP) is 1.70. The van der Waals surface area contributed by atoms with Crippen LogP contribution in [0, 0.1) is 17.2 Å². The van der Waals surface area contributed by atoms with Gasteiger partial charge in [-0.15, -0.1) is 0 Å². The van der Waals surface area contributed by atoms with Crippen LogP contribution in [0.25, 0.3) is 0 Å². The van der Waals surface area contributed by atoms with Crippen LogP contribution in [0.3, 0.4) is 0 Å². The van der Waals surface area contributed by atoms with Crippen LogP contribution in [0.1, 0.15) is 64.7 Å². The van der Waals surface area contributed by atoms with E-state index in [0.29, 0.717) is 24.2 Å². The summed E-state index contributed by atoms with van der Waals surface area (Å²) in [7, 11) is 0. The van der Waals surface area contributed by atoms with Crippen molar-refractivity contribution in [2.45, 2.75) is 76.3 Å². The van der Waals surface area contributed by atoms with Gasteiger partial charge in [-0.3, -0.25) is 19.3 Å². The first-order valence-electron chi connectivity index (χ1n) is 9.80. The maximum Gasteiger partial charge on any atom is 0.334 e. The number of hydrogen-bond acceptors (Lipinski definition) is 5. The van der Waals surface area contributed by atoms with Crippen LogP contribution in [-0.4, -0.2) is 51.7 Å². The summed E-state index contributed by atoms with van der Waals surface area (Å²) in [5.41, 5.74) is -0.942. The zero-order valence-corrected chi connectivity index (χ0v) is 15.7. The van der Waals surface area contributed by atoms with Crippen LogP contribution in [0.2, 0.25) is 0 Å². The van der Waals surface area contributed by atoms with E-state index in [1.54, 1.807) is 0 Å². The Labute approximate surface area is 158 Å². The van der Waals surface area contributed by atoms with E-state index in [2.05, 4.69) is 11.4 Å². The van der Waals surface area contributed by atoms with Crippen molar-refractivity contribution in [1.29, 1.82) is 5.26 Å². The Morgan fingerprint density at radius 1 is 1.11 bits per heavy atom. The van der Waals surface area contributed by atoms with Gasteiger partial charge in [-0.2, -0.15) is 5.26 Å². The number of hydrogen-bond donors (Lipinski definition) is 1. The molecule has 1 heterocycles. The molecule has 27 heavy (non-hydrogen) atoms. The van der Waals surface area contributed by atoms with E-state index in [-0.39, 0.29) is 12.0 Å². The van der Waals surface area contributed by atoms with Crippen molar-refractivity contribution < 1.29 is 19.2 Å². The van der Waals surface area contributed by atoms with Crippen LogP contribution in [0.5, 0.6) is 0 Å². The average molecular weight is 374 g/mol. The van der Waals surface area contributed by atoms with Gasteiger partial charge in [-0.25, -0.2) is 9.69 Å². The summed E-state index contributed by atoms with van der Waals surface area (Å²) in [6, 6.07) is 1.17. The molecule has 8 heteroatoms. The Bertz CT molecular complexity index is 692. The van der Waals surface area contributed by atoms with Gasteiger partial charge >= 0.3 is 17.8 Å². The number of rotatable bonds is 4. The second-order valence-electron chi connectivity index (χ2n) is 7.98. The Hall–Kier alpha value is -2.43. The third-order valence-electron chi connectivity index (χ3n) is 6.08.